The summed E-state index contributed by atoms with van der Waals surface area (Å²) >= 11 is 5.91. The molecule has 1 aliphatic heterocycles. The lowest BCUT2D eigenvalue weighted by molar-refractivity contribution is -0.133. The molecular weight excluding hydrogens is 454 g/mol. The SMILES string of the molecule is CN1C(=O)c2cc(C(=O)NCCc3ccc(Cl)cc3)nn2C[C@@]1(C)C(=O)NC1CCCCCC1. The van der Waals surface area contributed by atoms with Gasteiger partial charge in [0.2, 0.25) is 5.91 Å². The number of fused-ring (bicyclic) bond motifs is 1. The van der Waals surface area contributed by atoms with Crippen molar-refractivity contribution in [2.45, 2.75) is 70.0 Å². The summed E-state index contributed by atoms with van der Waals surface area (Å²) in [5.41, 5.74) is 0.456. The minimum Gasteiger partial charge on any atom is -0.351 e. The van der Waals surface area contributed by atoms with Gasteiger partial charge >= 0.3 is 0 Å². The summed E-state index contributed by atoms with van der Waals surface area (Å²) < 4.78 is 1.49. The van der Waals surface area contributed by atoms with Crippen LogP contribution in [0.25, 0.3) is 0 Å². The predicted molar refractivity (Wildman–Crippen MR) is 130 cm³/mol. The third kappa shape index (κ3) is 5.12. The Hall–Kier alpha value is -2.87. The fraction of sp³-hybridized carbons (Fsp3) is 0.520. The Labute approximate surface area is 205 Å². The molecule has 34 heavy (non-hydrogen) atoms. The van der Waals surface area contributed by atoms with Crippen LogP contribution in [0.3, 0.4) is 0 Å². The first kappa shape index (κ1) is 24.3. The van der Waals surface area contributed by atoms with Crippen LogP contribution in [0.15, 0.2) is 30.3 Å². The number of hydrogen-bond donors (Lipinski definition) is 2. The van der Waals surface area contributed by atoms with Gasteiger partial charge in [0.15, 0.2) is 5.69 Å². The molecule has 8 nitrogen and oxygen atoms in total. The van der Waals surface area contributed by atoms with Gasteiger partial charge in [0.05, 0.1) is 6.54 Å². The number of likely N-dealkylation sites (N-methyl/N-ethyl adjacent to an activating group) is 1. The Balaban J connectivity index is 1.42. The maximum Gasteiger partial charge on any atom is 0.272 e. The molecular formula is C25H32ClN5O3. The van der Waals surface area contributed by atoms with Gasteiger partial charge in [-0.25, -0.2) is 0 Å². The van der Waals surface area contributed by atoms with E-state index in [4.69, 9.17) is 11.6 Å². The molecule has 0 saturated heterocycles. The van der Waals surface area contributed by atoms with Gasteiger partial charge in [-0.1, -0.05) is 49.4 Å². The summed E-state index contributed by atoms with van der Waals surface area (Å²) in [5.74, 6) is -0.848. The number of rotatable bonds is 6. The van der Waals surface area contributed by atoms with E-state index in [1.54, 1.807) is 14.0 Å². The van der Waals surface area contributed by atoms with E-state index in [0.717, 1.165) is 31.2 Å². The molecule has 1 fully saturated rings. The van der Waals surface area contributed by atoms with Gasteiger partial charge in [0, 0.05) is 30.7 Å². The molecule has 2 N–H and O–H groups in total. The number of nitrogens with zero attached hydrogens (tertiary/aromatic N) is 3. The number of benzene rings is 1. The van der Waals surface area contributed by atoms with Crippen molar-refractivity contribution in [3.8, 4) is 0 Å². The molecule has 3 amide bonds. The van der Waals surface area contributed by atoms with Crippen LogP contribution in [-0.4, -0.2) is 57.6 Å². The molecule has 0 spiro atoms. The maximum absolute atomic E-state index is 13.3. The third-order valence-corrected chi connectivity index (χ3v) is 7.28. The molecule has 1 saturated carbocycles. The van der Waals surface area contributed by atoms with Crippen molar-refractivity contribution in [3.63, 3.8) is 0 Å². The van der Waals surface area contributed by atoms with Crippen molar-refractivity contribution >= 4 is 29.3 Å². The second-order valence-corrected chi connectivity index (χ2v) is 9.94. The van der Waals surface area contributed by atoms with Gasteiger partial charge in [-0.15, -0.1) is 0 Å². The second-order valence-electron chi connectivity index (χ2n) is 9.50. The van der Waals surface area contributed by atoms with Crippen LogP contribution < -0.4 is 10.6 Å². The summed E-state index contributed by atoms with van der Waals surface area (Å²) in [6.07, 6.45) is 7.19. The monoisotopic (exact) mass is 485 g/mol. The van der Waals surface area contributed by atoms with Crippen molar-refractivity contribution in [1.29, 1.82) is 0 Å². The first-order valence-electron chi connectivity index (χ1n) is 12.0. The molecule has 1 atom stereocenters. The van der Waals surface area contributed by atoms with E-state index in [1.807, 2.05) is 24.3 Å². The maximum atomic E-state index is 13.3. The lowest BCUT2D eigenvalue weighted by Crippen LogP contribution is -2.63. The largest absolute Gasteiger partial charge is 0.351 e. The Morgan fingerprint density at radius 2 is 1.82 bits per heavy atom. The normalized spacial score (nSPS) is 21.0. The van der Waals surface area contributed by atoms with E-state index in [0.29, 0.717) is 23.7 Å². The molecule has 0 radical (unpaired) electrons. The minimum atomic E-state index is -1.08. The fourth-order valence-electron chi connectivity index (χ4n) is 4.66. The second kappa shape index (κ2) is 10.2. The zero-order valence-corrected chi connectivity index (χ0v) is 20.5. The highest BCUT2D eigenvalue weighted by atomic mass is 35.5. The standard InChI is InChI=1S/C25H32ClN5O3/c1-25(24(34)28-19-7-5-3-4-6-8-19)16-31-21(23(33)30(25)2)15-20(29-31)22(32)27-14-13-17-9-11-18(26)12-10-17/h9-12,15,19H,3-8,13-14,16H2,1-2H3,(H,27,32)(H,28,34)/t25-/m0/s1. The lowest BCUT2D eigenvalue weighted by Gasteiger charge is -2.41. The highest BCUT2D eigenvalue weighted by Gasteiger charge is 2.46. The number of amides is 3. The van der Waals surface area contributed by atoms with Crippen molar-refractivity contribution < 1.29 is 14.4 Å². The summed E-state index contributed by atoms with van der Waals surface area (Å²) in [5, 5.41) is 11.1. The molecule has 2 aliphatic rings. The number of hydrogen-bond acceptors (Lipinski definition) is 4. The number of aromatic nitrogens is 2. The van der Waals surface area contributed by atoms with E-state index in [1.165, 1.54) is 28.5 Å². The van der Waals surface area contributed by atoms with Crippen LogP contribution in [0.2, 0.25) is 5.02 Å². The lowest BCUT2D eigenvalue weighted by atomic mass is 9.95. The van der Waals surface area contributed by atoms with Crippen LogP contribution >= 0.6 is 11.6 Å². The fourth-order valence-corrected chi connectivity index (χ4v) is 4.79. The quantitative estimate of drug-likeness (QED) is 0.614. The minimum absolute atomic E-state index is 0.135. The third-order valence-electron chi connectivity index (χ3n) is 7.03. The smallest absolute Gasteiger partial charge is 0.272 e. The number of carbonyl (C=O) groups excluding carboxylic acids is 3. The van der Waals surface area contributed by atoms with Crippen LogP contribution in [0.4, 0.5) is 0 Å². The molecule has 2 heterocycles. The Morgan fingerprint density at radius 3 is 2.50 bits per heavy atom. The van der Waals surface area contributed by atoms with Crippen molar-refractivity contribution in [2.75, 3.05) is 13.6 Å². The van der Waals surface area contributed by atoms with Crippen LogP contribution in [0, 0.1) is 0 Å². The molecule has 0 unspecified atom stereocenters. The highest BCUT2D eigenvalue weighted by molar-refractivity contribution is 6.30. The van der Waals surface area contributed by atoms with Crippen molar-refractivity contribution in [2.24, 2.45) is 0 Å². The Morgan fingerprint density at radius 1 is 1.15 bits per heavy atom. The molecule has 1 aromatic heterocycles. The Bertz CT molecular complexity index is 1060. The topological polar surface area (TPSA) is 96.3 Å². The molecule has 1 aliphatic carbocycles. The van der Waals surface area contributed by atoms with Gasteiger partial charge < -0.3 is 15.5 Å². The summed E-state index contributed by atoms with van der Waals surface area (Å²) in [6.45, 7) is 2.38. The van der Waals surface area contributed by atoms with Gasteiger partial charge in [0.1, 0.15) is 11.2 Å². The van der Waals surface area contributed by atoms with E-state index < -0.39 is 5.54 Å². The molecule has 1 aromatic carbocycles. The van der Waals surface area contributed by atoms with E-state index >= 15 is 0 Å². The van der Waals surface area contributed by atoms with Crippen LogP contribution in [0.5, 0.6) is 0 Å². The number of halogens is 1. The van der Waals surface area contributed by atoms with Crippen molar-refractivity contribution in [3.05, 3.63) is 52.3 Å². The predicted octanol–water partition coefficient (Wildman–Crippen LogP) is 3.19. The molecule has 2 aromatic rings. The summed E-state index contributed by atoms with van der Waals surface area (Å²) in [7, 11) is 1.64. The Kier molecular flexibility index (Phi) is 7.26. The summed E-state index contributed by atoms with van der Waals surface area (Å²) in [4.78, 5) is 40.5. The zero-order chi connectivity index (χ0) is 24.3. The summed E-state index contributed by atoms with van der Waals surface area (Å²) in [6, 6.07) is 9.09. The van der Waals surface area contributed by atoms with Crippen molar-refractivity contribution in [1.82, 2.24) is 25.3 Å². The number of carbonyl (C=O) groups is 3. The van der Waals surface area contributed by atoms with E-state index in [-0.39, 0.29) is 36.0 Å². The molecule has 182 valence electrons. The van der Waals surface area contributed by atoms with Gasteiger partial charge in [0.25, 0.3) is 11.8 Å². The van der Waals surface area contributed by atoms with E-state index in [9.17, 15) is 14.4 Å². The molecule has 9 heteroatoms. The number of nitrogens with one attached hydrogen (secondary N) is 2. The first-order valence-corrected chi connectivity index (χ1v) is 12.4. The molecule has 4 rings (SSSR count). The average Bonchev–Trinajstić information content (AvgIpc) is 3.07. The highest BCUT2D eigenvalue weighted by Crippen LogP contribution is 2.27. The van der Waals surface area contributed by atoms with Gasteiger partial charge in [-0.3, -0.25) is 19.1 Å². The zero-order valence-electron chi connectivity index (χ0n) is 19.8. The molecule has 0 bridgehead atoms. The first-order chi connectivity index (χ1) is 16.3. The van der Waals surface area contributed by atoms with Gasteiger partial charge in [-0.2, -0.15) is 5.10 Å². The van der Waals surface area contributed by atoms with Crippen LogP contribution in [0.1, 0.15) is 72.0 Å². The average molecular weight is 486 g/mol. The van der Waals surface area contributed by atoms with Crippen LogP contribution in [-0.2, 0) is 17.8 Å². The van der Waals surface area contributed by atoms with Gasteiger partial charge in [-0.05, 0) is 43.9 Å². The van der Waals surface area contributed by atoms with E-state index in [2.05, 4.69) is 15.7 Å².